The van der Waals surface area contributed by atoms with Crippen LogP contribution in [0, 0.1) is 6.92 Å². The molecule has 0 spiro atoms. The van der Waals surface area contributed by atoms with Crippen molar-refractivity contribution < 1.29 is 13.2 Å². The van der Waals surface area contributed by atoms with Crippen molar-refractivity contribution in [3.8, 4) is 11.5 Å². The Bertz CT molecular complexity index is 963. The van der Waals surface area contributed by atoms with Crippen LogP contribution in [0.5, 0.6) is 0 Å². The van der Waals surface area contributed by atoms with Crippen LogP contribution in [-0.4, -0.2) is 24.7 Å². The molecule has 6 nitrogen and oxygen atoms in total. The Hall–Kier alpha value is -2.97. The van der Waals surface area contributed by atoms with Gasteiger partial charge in [-0.3, -0.25) is 4.79 Å². The summed E-state index contributed by atoms with van der Waals surface area (Å²) in [7, 11) is 0. The average Bonchev–Trinajstić information content (AvgIpc) is 3.06. The van der Waals surface area contributed by atoms with Gasteiger partial charge in [-0.25, -0.2) is 4.98 Å². The molecule has 0 amide bonds. The zero-order valence-corrected chi connectivity index (χ0v) is 14.6. The molecule has 3 heterocycles. The van der Waals surface area contributed by atoms with E-state index in [1.165, 1.54) is 18.2 Å². The van der Waals surface area contributed by atoms with Crippen molar-refractivity contribution in [1.82, 2.24) is 24.7 Å². The van der Waals surface area contributed by atoms with Crippen molar-refractivity contribution in [2.75, 3.05) is 0 Å². The van der Waals surface area contributed by atoms with E-state index in [-0.39, 0.29) is 5.56 Å². The van der Waals surface area contributed by atoms with Gasteiger partial charge < -0.3 is 9.55 Å². The van der Waals surface area contributed by atoms with E-state index >= 15 is 0 Å². The number of alkyl halides is 3. The van der Waals surface area contributed by atoms with Crippen LogP contribution in [0.2, 0.25) is 0 Å². The highest BCUT2D eigenvalue weighted by Gasteiger charge is 2.29. The lowest BCUT2D eigenvalue weighted by Crippen LogP contribution is -2.14. The topological polar surface area (TPSA) is 76.5 Å². The highest BCUT2D eigenvalue weighted by atomic mass is 19.4. The zero-order valence-electron chi connectivity index (χ0n) is 14.6. The molecule has 142 valence electrons. The molecule has 0 fully saturated rings. The lowest BCUT2D eigenvalue weighted by molar-refractivity contribution is -0.137. The number of benzene rings is 1. The summed E-state index contributed by atoms with van der Waals surface area (Å²) in [6.07, 6.45) is -0.976. The molecule has 1 aliphatic heterocycles. The molecular weight excluding hydrogens is 359 g/mol. The van der Waals surface area contributed by atoms with Gasteiger partial charge in [-0.05, 0) is 19.8 Å². The van der Waals surface area contributed by atoms with Gasteiger partial charge in [-0.2, -0.15) is 13.2 Å². The quantitative estimate of drug-likeness (QED) is 0.705. The second-order valence-corrected chi connectivity index (χ2v) is 6.13. The summed E-state index contributed by atoms with van der Waals surface area (Å²) < 4.78 is 37.4. The van der Waals surface area contributed by atoms with Gasteiger partial charge >= 0.3 is 6.18 Å². The Kier molecular flexibility index (Phi) is 5.38. The molecule has 3 aromatic rings. The van der Waals surface area contributed by atoms with Crippen LogP contribution in [0.3, 0.4) is 0 Å². The molecule has 0 radical (unpaired) electrons. The number of nitrogens with zero attached hydrogens (tertiary/aromatic N) is 4. The summed E-state index contributed by atoms with van der Waals surface area (Å²) in [4.78, 5) is 18.4. The number of aromatic amines is 1. The summed E-state index contributed by atoms with van der Waals surface area (Å²) in [5, 5.41) is 8.30. The van der Waals surface area contributed by atoms with Gasteiger partial charge in [0.05, 0.1) is 5.56 Å². The molecule has 0 aliphatic carbocycles. The maximum Gasteiger partial charge on any atom is 0.416 e. The lowest BCUT2D eigenvalue weighted by atomic mass is 10.1. The Morgan fingerprint density at radius 1 is 1.11 bits per heavy atom. The number of nitrogens with one attached hydrogen (secondary N) is 1. The number of aromatic nitrogens is 5. The fraction of sp³-hybridized carbons (Fsp3) is 0.333. The summed E-state index contributed by atoms with van der Waals surface area (Å²) in [5.41, 5.74) is -0.150. The second-order valence-electron chi connectivity index (χ2n) is 6.13. The molecule has 0 unspecified atom stereocenters. The Labute approximate surface area is 153 Å². The molecule has 0 atom stereocenters. The van der Waals surface area contributed by atoms with Crippen molar-refractivity contribution in [2.24, 2.45) is 0 Å². The van der Waals surface area contributed by atoms with Crippen LogP contribution in [-0.2, 0) is 19.1 Å². The van der Waals surface area contributed by atoms with Crippen LogP contribution in [0.4, 0.5) is 13.2 Å². The summed E-state index contributed by atoms with van der Waals surface area (Å²) in [6.45, 7) is 2.67. The van der Waals surface area contributed by atoms with Crippen molar-refractivity contribution >= 4 is 0 Å². The van der Waals surface area contributed by atoms with E-state index in [2.05, 4.69) is 24.7 Å². The van der Waals surface area contributed by atoms with Gasteiger partial charge in [0.15, 0.2) is 5.82 Å². The van der Waals surface area contributed by atoms with E-state index < -0.39 is 11.7 Å². The zero-order chi connectivity index (χ0) is 19.4. The van der Waals surface area contributed by atoms with Gasteiger partial charge in [0.25, 0.3) is 5.56 Å². The van der Waals surface area contributed by atoms with E-state index in [0.29, 0.717) is 17.3 Å². The van der Waals surface area contributed by atoms with Gasteiger partial charge in [-0.1, -0.05) is 30.3 Å². The third kappa shape index (κ3) is 4.60. The van der Waals surface area contributed by atoms with Crippen molar-refractivity contribution in [1.29, 1.82) is 0 Å². The highest BCUT2D eigenvalue weighted by Crippen LogP contribution is 2.28. The smallest absolute Gasteiger partial charge is 0.311 e. The number of halogens is 3. The molecule has 0 bridgehead atoms. The fourth-order valence-corrected chi connectivity index (χ4v) is 2.82. The molecule has 1 aliphatic rings. The maximum absolute atomic E-state index is 11.8. The Balaban J connectivity index is 0.000000180. The predicted molar refractivity (Wildman–Crippen MR) is 93.0 cm³/mol. The van der Waals surface area contributed by atoms with Crippen LogP contribution < -0.4 is 5.56 Å². The van der Waals surface area contributed by atoms with Crippen LogP contribution in [0.1, 0.15) is 30.1 Å². The highest BCUT2D eigenvalue weighted by molar-refractivity contribution is 5.48. The molecule has 4 rings (SSSR count). The van der Waals surface area contributed by atoms with Gasteiger partial charge in [0, 0.05) is 19.0 Å². The fourth-order valence-electron chi connectivity index (χ4n) is 2.82. The number of rotatable bonds is 1. The minimum atomic E-state index is -4.21. The Morgan fingerprint density at radius 2 is 1.85 bits per heavy atom. The second kappa shape index (κ2) is 7.73. The first-order valence-corrected chi connectivity index (χ1v) is 8.47. The number of H-pyrrole nitrogens is 1. The van der Waals surface area contributed by atoms with E-state index in [9.17, 15) is 18.0 Å². The SMILES string of the molecule is Cc1nc(-c2nnc3n2CCCC3)cc(=O)[nH]1.FC(F)(F)c1ccccc1. The monoisotopic (exact) mass is 377 g/mol. The normalized spacial score (nSPS) is 13.5. The molecule has 1 N–H and O–H groups in total. The summed E-state index contributed by atoms with van der Waals surface area (Å²) in [6, 6.07) is 7.83. The predicted octanol–water partition coefficient (Wildman–Crippen LogP) is 3.38. The van der Waals surface area contributed by atoms with Crippen molar-refractivity contribution in [3.05, 3.63) is 64.0 Å². The van der Waals surface area contributed by atoms with Crippen molar-refractivity contribution in [2.45, 2.75) is 38.9 Å². The largest absolute Gasteiger partial charge is 0.416 e. The maximum atomic E-state index is 11.8. The molecule has 27 heavy (non-hydrogen) atoms. The standard InChI is InChI=1S/C11H13N5O.C7H5F3/c1-7-12-8(6-10(17)13-7)11-15-14-9-4-2-3-5-16(9)11;8-7(9,10)6-4-2-1-3-5-6/h6H,2-5H2,1H3,(H,12,13,17);1-5H. The van der Waals surface area contributed by atoms with E-state index in [0.717, 1.165) is 43.8 Å². The molecule has 0 saturated carbocycles. The van der Waals surface area contributed by atoms with Gasteiger partial charge in [-0.15, -0.1) is 10.2 Å². The third-order valence-corrected chi connectivity index (χ3v) is 4.05. The van der Waals surface area contributed by atoms with E-state index in [1.807, 2.05) is 0 Å². The first kappa shape index (κ1) is 18.8. The summed E-state index contributed by atoms with van der Waals surface area (Å²) in [5.74, 6) is 2.29. The molecule has 2 aromatic heterocycles. The lowest BCUT2D eigenvalue weighted by Gasteiger charge is -2.14. The molecule has 0 saturated heterocycles. The average molecular weight is 377 g/mol. The number of fused-ring (bicyclic) bond motifs is 1. The molecule has 1 aromatic carbocycles. The van der Waals surface area contributed by atoms with Crippen LogP contribution in [0.15, 0.2) is 41.2 Å². The van der Waals surface area contributed by atoms with Gasteiger partial charge in [0.2, 0.25) is 0 Å². The number of hydrogen-bond donors (Lipinski definition) is 1. The third-order valence-electron chi connectivity index (χ3n) is 4.05. The van der Waals surface area contributed by atoms with Crippen LogP contribution in [0.25, 0.3) is 11.5 Å². The first-order valence-electron chi connectivity index (χ1n) is 8.47. The van der Waals surface area contributed by atoms with Gasteiger partial charge in [0.1, 0.15) is 17.3 Å². The Morgan fingerprint density at radius 3 is 2.48 bits per heavy atom. The number of aryl methyl sites for hydroxylation is 2. The minimum absolute atomic E-state index is 0.152. The van der Waals surface area contributed by atoms with Crippen LogP contribution >= 0.6 is 0 Å². The van der Waals surface area contributed by atoms with E-state index in [1.54, 1.807) is 13.0 Å². The first-order chi connectivity index (χ1) is 12.8. The molecule has 9 heteroatoms. The molecular formula is C18H18F3N5O. The van der Waals surface area contributed by atoms with Crippen molar-refractivity contribution in [3.63, 3.8) is 0 Å². The number of hydrogen-bond acceptors (Lipinski definition) is 4. The minimum Gasteiger partial charge on any atom is -0.311 e. The summed E-state index contributed by atoms with van der Waals surface area (Å²) >= 11 is 0. The van der Waals surface area contributed by atoms with E-state index in [4.69, 9.17) is 0 Å².